The SMILES string of the molecule is CCOc1ccc(S(=O)(=O)N(CC(=O)N(Cc2ccc(Cl)cc2)[C@H](CC)C(=O)N[C@@H](C)CC)c2ccc(C)cc2)cc1. The van der Waals surface area contributed by atoms with Gasteiger partial charge in [0.2, 0.25) is 11.8 Å². The van der Waals surface area contributed by atoms with Crippen molar-refractivity contribution in [3.05, 3.63) is 88.9 Å². The number of nitrogens with zero attached hydrogens (tertiary/aromatic N) is 2. The number of nitrogens with one attached hydrogen (secondary N) is 1. The summed E-state index contributed by atoms with van der Waals surface area (Å²) in [7, 11) is -4.17. The first kappa shape index (κ1) is 32.9. The van der Waals surface area contributed by atoms with Gasteiger partial charge < -0.3 is 15.0 Å². The van der Waals surface area contributed by atoms with Gasteiger partial charge in [0.05, 0.1) is 17.2 Å². The molecule has 0 aliphatic heterocycles. The standard InChI is InChI=1S/C32H40ClN3O5S/c1-6-24(5)34-32(38)30(7-2)35(21-25-11-13-26(33)14-12-25)31(37)22-36(27-15-9-23(4)10-16-27)42(39,40)29-19-17-28(18-20-29)41-8-3/h9-20,24,30H,6-8,21-22H2,1-5H3,(H,34,38)/t24-,30+/m0/s1. The van der Waals surface area contributed by atoms with Crippen LogP contribution in [0.4, 0.5) is 5.69 Å². The fraction of sp³-hybridized carbons (Fsp3) is 0.375. The zero-order valence-corrected chi connectivity index (χ0v) is 26.4. The Bertz CT molecular complexity index is 1430. The third-order valence-corrected chi connectivity index (χ3v) is 9.02. The van der Waals surface area contributed by atoms with E-state index in [1.54, 1.807) is 60.7 Å². The predicted molar refractivity (Wildman–Crippen MR) is 167 cm³/mol. The highest BCUT2D eigenvalue weighted by Gasteiger charge is 2.34. The lowest BCUT2D eigenvalue weighted by atomic mass is 10.1. The predicted octanol–water partition coefficient (Wildman–Crippen LogP) is 5.96. The van der Waals surface area contributed by atoms with Gasteiger partial charge in [-0.3, -0.25) is 13.9 Å². The van der Waals surface area contributed by atoms with Crippen molar-refractivity contribution in [3.63, 3.8) is 0 Å². The molecule has 2 amide bonds. The van der Waals surface area contributed by atoms with Gasteiger partial charge in [-0.2, -0.15) is 0 Å². The molecule has 0 fully saturated rings. The third kappa shape index (κ3) is 8.49. The number of anilines is 1. The summed E-state index contributed by atoms with van der Waals surface area (Å²) in [6.45, 7) is 9.49. The molecule has 10 heteroatoms. The van der Waals surface area contributed by atoms with Gasteiger partial charge in [-0.1, -0.05) is 55.3 Å². The van der Waals surface area contributed by atoms with Crippen molar-refractivity contribution in [1.82, 2.24) is 10.2 Å². The highest BCUT2D eigenvalue weighted by Crippen LogP contribution is 2.27. The number of carbonyl (C=O) groups is 2. The maximum absolute atomic E-state index is 14.1. The molecule has 0 heterocycles. The van der Waals surface area contributed by atoms with Gasteiger partial charge in [-0.15, -0.1) is 0 Å². The number of carbonyl (C=O) groups excluding carboxylic acids is 2. The van der Waals surface area contributed by atoms with Crippen LogP contribution in [0.1, 0.15) is 51.7 Å². The Kier molecular flexibility index (Phi) is 11.8. The maximum atomic E-state index is 14.1. The van der Waals surface area contributed by atoms with Gasteiger partial charge in [-0.25, -0.2) is 8.42 Å². The molecule has 0 saturated heterocycles. The van der Waals surface area contributed by atoms with E-state index in [9.17, 15) is 18.0 Å². The van der Waals surface area contributed by atoms with E-state index in [1.807, 2.05) is 34.6 Å². The second-order valence-electron chi connectivity index (χ2n) is 10.1. The highest BCUT2D eigenvalue weighted by molar-refractivity contribution is 7.92. The van der Waals surface area contributed by atoms with Gasteiger partial charge in [0.15, 0.2) is 0 Å². The van der Waals surface area contributed by atoms with Crippen LogP contribution in [0.2, 0.25) is 5.02 Å². The Morgan fingerprint density at radius 3 is 2.07 bits per heavy atom. The third-order valence-electron chi connectivity index (χ3n) is 6.98. The van der Waals surface area contributed by atoms with Crippen LogP contribution in [0.25, 0.3) is 0 Å². The molecule has 0 aliphatic carbocycles. The van der Waals surface area contributed by atoms with Gasteiger partial charge in [0.1, 0.15) is 18.3 Å². The molecule has 8 nitrogen and oxygen atoms in total. The number of benzene rings is 3. The largest absolute Gasteiger partial charge is 0.494 e. The molecule has 0 aliphatic rings. The summed E-state index contributed by atoms with van der Waals surface area (Å²) >= 11 is 6.08. The highest BCUT2D eigenvalue weighted by atomic mass is 35.5. The number of aryl methyl sites for hydroxylation is 1. The number of amides is 2. The number of ether oxygens (including phenoxy) is 1. The lowest BCUT2D eigenvalue weighted by Gasteiger charge is -2.33. The molecular weight excluding hydrogens is 574 g/mol. The fourth-order valence-electron chi connectivity index (χ4n) is 4.39. The van der Waals surface area contributed by atoms with Crippen LogP contribution < -0.4 is 14.4 Å². The minimum Gasteiger partial charge on any atom is -0.494 e. The van der Waals surface area contributed by atoms with E-state index in [4.69, 9.17) is 16.3 Å². The first-order valence-corrected chi connectivity index (χ1v) is 16.0. The van der Waals surface area contributed by atoms with Gasteiger partial charge in [0, 0.05) is 17.6 Å². The van der Waals surface area contributed by atoms with Crippen LogP contribution in [0, 0.1) is 6.92 Å². The Morgan fingerprint density at radius 1 is 0.905 bits per heavy atom. The van der Waals surface area contributed by atoms with E-state index in [0.717, 1.165) is 21.9 Å². The van der Waals surface area contributed by atoms with Crippen molar-refractivity contribution < 1.29 is 22.7 Å². The van der Waals surface area contributed by atoms with E-state index in [0.29, 0.717) is 29.5 Å². The van der Waals surface area contributed by atoms with E-state index in [1.165, 1.54) is 17.0 Å². The molecule has 2 atom stereocenters. The Morgan fingerprint density at radius 2 is 1.52 bits per heavy atom. The average molecular weight is 614 g/mol. The van der Waals surface area contributed by atoms with E-state index in [-0.39, 0.29) is 23.4 Å². The normalized spacial score (nSPS) is 12.7. The summed E-state index contributed by atoms with van der Waals surface area (Å²) in [5, 5.41) is 3.52. The number of hydrogen-bond donors (Lipinski definition) is 1. The molecule has 226 valence electrons. The van der Waals surface area contributed by atoms with Gasteiger partial charge in [-0.05, 0) is 87.7 Å². The fourth-order valence-corrected chi connectivity index (χ4v) is 5.93. The molecule has 1 N–H and O–H groups in total. The van der Waals surface area contributed by atoms with Crippen LogP contribution in [-0.4, -0.2) is 50.4 Å². The summed E-state index contributed by atoms with van der Waals surface area (Å²) in [6, 6.07) is 19.2. The van der Waals surface area contributed by atoms with E-state index < -0.39 is 28.5 Å². The van der Waals surface area contributed by atoms with Gasteiger partial charge in [0.25, 0.3) is 10.0 Å². The first-order chi connectivity index (χ1) is 20.0. The zero-order valence-electron chi connectivity index (χ0n) is 24.8. The number of sulfonamides is 1. The minimum absolute atomic E-state index is 0.0186. The van der Waals surface area contributed by atoms with Crippen molar-refractivity contribution in [1.29, 1.82) is 0 Å². The number of hydrogen-bond acceptors (Lipinski definition) is 5. The second kappa shape index (κ2) is 15.1. The maximum Gasteiger partial charge on any atom is 0.264 e. The van der Waals surface area contributed by atoms with E-state index >= 15 is 0 Å². The minimum atomic E-state index is -4.17. The van der Waals surface area contributed by atoms with Gasteiger partial charge >= 0.3 is 0 Å². The molecule has 0 spiro atoms. The summed E-state index contributed by atoms with van der Waals surface area (Å²) in [4.78, 5) is 29.0. The first-order valence-electron chi connectivity index (χ1n) is 14.2. The van der Waals surface area contributed by atoms with Crippen LogP contribution in [0.5, 0.6) is 5.75 Å². The molecule has 3 aromatic rings. The topological polar surface area (TPSA) is 96.0 Å². The Balaban J connectivity index is 2.04. The smallest absolute Gasteiger partial charge is 0.264 e. The second-order valence-corrected chi connectivity index (χ2v) is 12.4. The quantitative estimate of drug-likeness (QED) is 0.242. The molecule has 0 aromatic heterocycles. The summed E-state index contributed by atoms with van der Waals surface area (Å²) < 4.78 is 34.6. The van der Waals surface area contributed by atoms with Crippen molar-refractivity contribution in [2.45, 2.75) is 71.0 Å². The molecule has 0 saturated carbocycles. The van der Waals surface area contributed by atoms with Crippen LogP contribution in [-0.2, 0) is 26.2 Å². The number of rotatable bonds is 14. The van der Waals surface area contributed by atoms with Crippen molar-refractivity contribution in [2.75, 3.05) is 17.5 Å². The lowest BCUT2D eigenvalue weighted by Crippen LogP contribution is -2.53. The monoisotopic (exact) mass is 613 g/mol. The summed E-state index contributed by atoms with van der Waals surface area (Å²) in [6.07, 6.45) is 1.08. The van der Waals surface area contributed by atoms with Crippen molar-refractivity contribution >= 4 is 39.1 Å². The van der Waals surface area contributed by atoms with Crippen LogP contribution >= 0.6 is 11.6 Å². The molecule has 3 aromatic carbocycles. The molecular formula is C32H40ClN3O5S. The molecule has 3 rings (SSSR count). The Hall–Kier alpha value is -3.56. The number of halogens is 1. The lowest BCUT2D eigenvalue weighted by molar-refractivity contribution is -0.140. The average Bonchev–Trinajstić information content (AvgIpc) is 2.97. The summed E-state index contributed by atoms with van der Waals surface area (Å²) in [5.41, 5.74) is 2.05. The van der Waals surface area contributed by atoms with Crippen LogP contribution in [0.3, 0.4) is 0 Å². The molecule has 0 unspecified atom stereocenters. The van der Waals surface area contributed by atoms with Crippen molar-refractivity contribution in [2.24, 2.45) is 0 Å². The molecule has 0 radical (unpaired) electrons. The summed E-state index contributed by atoms with van der Waals surface area (Å²) in [5.74, 6) is -0.252. The zero-order chi connectivity index (χ0) is 30.9. The van der Waals surface area contributed by atoms with Crippen LogP contribution in [0.15, 0.2) is 77.7 Å². The van der Waals surface area contributed by atoms with E-state index in [2.05, 4.69) is 5.32 Å². The molecule has 42 heavy (non-hydrogen) atoms. The Labute approximate surface area is 254 Å². The molecule has 0 bridgehead atoms. The van der Waals surface area contributed by atoms with Crippen molar-refractivity contribution in [3.8, 4) is 5.75 Å².